The summed E-state index contributed by atoms with van der Waals surface area (Å²) < 4.78 is 48.5. The number of hydrogen-bond acceptors (Lipinski definition) is 12. The van der Waals surface area contributed by atoms with Crippen LogP contribution in [0.2, 0.25) is 10.0 Å². The largest absolute Gasteiger partial charge is 1.00 e. The molecule has 0 aliphatic rings. The second-order valence-corrected chi connectivity index (χ2v) is 16.2. The van der Waals surface area contributed by atoms with Gasteiger partial charge in [-0.05, 0) is 96.8 Å². The second-order valence-electron chi connectivity index (χ2n) is 15.3. The number of hydrogen-bond donors (Lipinski definition) is 1. The van der Waals surface area contributed by atoms with Gasteiger partial charge >= 0.3 is 30.2 Å². The number of benzene rings is 4. The minimum absolute atomic E-state index is 0. The Kier molecular flexibility index (Phi) is 20.6. The topological polar surface area (TPSA) is 240 Å². The molecule has 0 bridgehead atoms. The molecule has 4 heterocycles. The molecule has 4 aromatic carbocycles. The van der Waals surface area contributed by atoms with Crippen molar-refractivity contribution in [3.05, 3.63) is 195 Å². The van der Waals surface area contributed by atoms with E-state index in [1.807, 2.05) is 0 Å². The van der Waals surface area contributed by atoms with E-state index in [4.69, 9.17) is 32.7 Å². The zero-order valence-corrected chi connectivity index (χ0v) is 40.0. The average Bonchev–Trinajstić information content (AvgIpc) is 3.33. The van der Waals surface area contributed by atoms with Gasteiger partial charge in [-0.3, -0.25) is 32.7 Å². The van der Waals surface area contributed by atoms with Crippen molar-refractivity contribution in [3.63, 3.8) is 0 Å². The van der Waals surface area contributed by atoms with E-state index in [9.17, 15) is 37.9 Å². The first-order valence-corrected chi connectivity index (χ1v) is 21.8. The SMILES string of the molecule is Cn1c(=O)n(CCCO)c(=O)c2c(Cc3ccc(F)cc3)c(Oc3ccc(Cl)cc3)cnc21.Cn1c(=O)n(CCCOC=O)c(=O)c2c(Cc3ccc(F)cc3)c(Oc3ccc(Cl)cc3)cnc21.O.[Li+].[OH-]. The zero-order chi connectivity index (χ0) is 48.5. The molecule has 17 nitrogen and oxygen atoms in total. The monoisotopic (exact) mass is 1010 g/mol. The van der Waals surface area contributed by atoms with E-state index in [1.165, 1.54) is 59.9 Å². The summed E-state index contributed by atoms with van der Waals surface area (Å²) in [5.74, 6) is 0.866. The Bertz CT molecular complexity index is 3360. The van der Waals surface area contributed by atoms with Crippen molar-refractivity contribution in [1.82, 2.24) is 28.2 Å². The number of aliphatic hydroxyl groups excluding tert-OH is 1. The van der Waals surface area contributed by atoms with Gasteiger partial charge in [0.15, 0.2) is 0 Å². The third kappa shape index (κ3) is 13.3. The summed E-state index contributed by atoms with van der Waals surface area (Å²) in [6.45, 7) is 0.335. The van der Waals surface area contributed by atoms with Gasteiger partial charge < -0.3 is 30.3 Å². The van der Waals surface area contributed by atoms with Crippen molar-refractivity contribution < 1.29 is 62.7 Å². The van der Waals surface area contributed by atoms with Gasteiger partial charge in [-0.15, -0.1) is 0 Å². The Morgan fingerprint density at radius 3 is 1.37 bits per heavy atom. The van der Waals surface area contributed by atoms with Crippen LogP contribution in [0.25, 0.3) is 22.1 Å². The van der Waals surface area contributed by atoms with Crippen molar-refractivity contribution in [2.24, 2.45) is 14.1 Å². The maximum atomic E-state index is 13.5. The number of carbonyl (C=O) groups is 1. The summed E-state index contributed by atoms with van der Waals surface area (Å²) in [6, 6.07) is 25.3. The van der Waals surface area contributed by atoms with Crippen molar-refractivity contribution in [2.75, 3.05) is 13.2 Å². The molecule has 0 radical (unpaired) electrons. The molecular formula is C49H45Cl2F2LiN6O11. The molecule has 0 atom stereocenters. The molecule has 0 amide bonds. The predicted molar refractivity (Wildman–Crippen MR) is 258 cm³/mol. The third-order valence-corrected chi connectivity index (χ3v) is 11.3. The van der Waals surface area contributed by atoms with E-state index in [1.54, 1.807) is 72.8 Å². The molecule has 8 aromatic rings. The van der Waals surface area contributed by atoms with Crippen LogP contribution >= 0.6 is 23.2 Å². The van der Waals surface area contributed by atoms with Gasteiger partial charge in [-0.2, -0.15) is 0 Å². The molecule has 4 N–H and O–H groups in total. The van der Waals surface area contributed by atoms with Crippen LogP contribution < -0.4 is 50.8 Å². The molecule has 0 aliphatic heterocycles. The Balaban J connectivity index is 0.000000296. The zero-order valence-electron chi connectivity index (χ0n) is 38.5. The summed E-state index contributed by atoms with van der Waals surface area (Å²) in [6.07, 6.45) is 3.92. The molecule has 4 aromatic heterocycles. The Morgan fingerprint density at radius 2 is 1.00 bits per heavy atom. The summed E-state index contributed by atoms with van der Waals surface area (Å²) in [4.78, 5) is 71.7. The van der Waals surface area contributed by atoms with Gasteiger partial charge in [-0.25, -0.2) is 28.3 Å². The fourth-order valence-corrected chi connectivity index (χ4v) is 7.61. The molecule has 0 saturated carbocycles. The molecule has 0 fully saturated rings. The second kappa shape index (κ2) is 25.8. The Hall–Kier alpha value is -6.95. The molecular weight excluding hydrogens is 964 g/mol. The third-order valence-electron chi connectivity index (χ3n) is 10.8. The molecule has 71 heavy (non-hydrogen) atoms. The van der Waals surface area contributed by atoms with Gasteiger partial charge in [0, 0.05) is 67.8 Å². The number of aliphatic hydroxyl groups is 1. The van der Waals surface area contributed by atoms with Crippen LogP contribution in [0, 0.1) is 11.6 Å². The summed E-state index contributed by atoms with van der Waals surface area (Å²) >= 11 is 11.9. The van der Waals surface area contributed by atoms with Crippen molar-refractivity contribution in [3.8, 4) is 23.0 Å². The number of nitrogens with zero attached hydrogens (tertiary/aromatic N) is 6. The Morgan fingerprint density at radius 1 is 0.620 bits per heavy atom. The molecule has 0 spiro atoms. The summed E-state index contributed by atoms with van der Waals surface area (Å²) in [5.41, 5.74) is 0.779. The van der Waals surface area contributed by atoms with Crippen LogP contribution in [-0.4, -0.2) is 64.0 Å². The van der Waals surface area contributed by atoms with E-state index in [2.05, 4.69) is 14.7 Å². The van der Waals surface area contributed by atoms with Gasteiger partial charge in [-0.1, -0.05) is 47.5 Å². The minimum atomic E-state index is -0.541. The van der Waals surface area contributed by atoms with Crippen LogP contribution in [0.15, 0.2) is 129 Å². The van der Waals surface area contributed by atoms with Crippen LogP contribution in [0.1, 0.15) is 35.1 Å². The Labute approximate surface area is 424 Å². The standard InChI is InChI=1S/C25H21ClFN3O5.C24H21ClFN3O4.Li.2H2O/c1-29-23-22(24(32)30(25(29)33)11-2-12-34-15-31)20(13-16-3-7-18(27)8-4-16)21(14-28-23)35-19-9-5-17(26)6-10-19;1-28-22-21(23(31)29(24(28)32)11-2-12-30)19(13-15-3-7-17(26)8-4-15)20(14-27-22)33-18-9-5-16(25)6-10-18;;;/h3-10,14-15H,2,11-13H2,1H3;3-10,14,30H,2,11-13H2,1H3;;2*1H2/q;;+1;;/p-1. The molecule has 0 saturated heterocycles. The number of fused-ring (bicyclic) bond motifs is 2. The molecule has 0 unspecified atom stereocenters. The number of pyridine rings is 2. The first-order valence-electron chi connectivity index (χ1n) is 21.0. The predicted octanol–water partition coefficient (Wildman–Crippen LogP) is 3.49. The summed E-state index contributed by atoms with van der Waals surface area (Å²) in [5, 5.41) is 10.7. The van der Waals surface area contributed by atoms with Crippen LogP contribution in [-0.2, 0) is 49.6 Å². The van der Waals surface area contributed by atoms with Gasteiger partial charge in [0.1, 0.15) is 45.9 Å². The molecule has 0 aliphatic carbocycles. The number of carbonyl (C=O) groups excluding carboxylic acids is 1. The number of ether oxygens (including phenoxy) is 3. The van der Waals surface area contributed by atoms with Crippen molar-refractivity contribution in [1.29, 1.82) is 0 Å². The van der Waals surface area contributed by atoms with Crippen molar-refractivity contribution >= 4 is 51.7 Å². The number of aryl methyl sites for hydroxylation is 2. The smallest absolute Gasteiger partial charge is 0.870 e. The molecule has 22 heteroatoms. The fourth-order valence-electron chi connectivity index (χ4n) is 7.36. The molecule has 366 valence electrons. The van der Waals surface area contributed by atoms with E-state index in [0.29, 0.717) is 50.6 Å². The van der Waals surface area contributed by atoms with Crippen LogP contribution in [0.3, 0.4) is 0 Å². The maximum absolute atomic E-state index is 13.5. The van der Waals surface area contributed by atoms with E-state index >= 15 is 0 Å². The first-order chi connectivity index (χ1) is 32.8. The normalized spacial score (nSPS) is 10.6. The quantitative estimate of drug-likeness (QED) is 0.0832. The maximum Gasteiger partial charge on any atom is 1.00 e. The number of halogens is 4. The average molecular weight is 1010 g/mol. The molecule has 8 rings (SSSR count). The van der Waals surface area contributed by atoms with Gasteiger partial charge in [0.25, 0.3) is 17.6 Å². The van der Waals surface area contributed by atoms with Gasteiger partial charge in [0.2, 0.25) is 0 Å². The van der Waals surface area contributed by atoms with E-state index in [0.717, 1.165) is 20.3 Å². The van der Waals surface area contributed by atoms with Crippen LogP contribution in [0.5, 0.6) is 23.0 Å². The first kappa shape index (κ1) is 56.6. The van der Waals surface area contributed by atoms with Crippen LogP contribution in [0.4, 0.5) is 8.78 Å². The van der Waals surface area contributed by atoms with E-state index < -0.39 is 22.5 Å². The fraction of sp³-hybridized carbons (Fsp3) is 0.204. The number of aromatic nitrogens is 6. The van der Waals surface area contributed by atoms with E-state index in [-0.39, 0.29) is 116 Å². The van der Waals surface area contributed by atoms with Gasteiger partial charge in [0.05, 0.1) is 29.8 Å². The minimum Gasteiger partial charge on any atom is -0.870 e. The van der Waals surface area contributed by atoms with Crippen molar-refractivity contribution in [2.45, 2.75) is 38.8 Å². The summed E-state index contributed by atoms with van der Waals surface area (Å²) in [7, 11) is 3.06. The number of rotatable bonds is 16.